The molecule has 8 heteroatoms. The molecule has 0 spiro atoms. The number of carboxylic acids is 1. The highest BCUT2D eigenvalue weighted by Gasteiger charge is 2.15. The number of aliphatic carboxylic acids is 1. The van der Waals surface area contributed by atoms with Crippen LogP contribution in [0.3, 0.4) is 0 Å². The van der Waals surface area contributed by atoms with E-state index >= 15 is 0 Å². The molecule has 7 nitrogen and oxygen atoms in total. The van der Waals surface area contributed by atoms with Gasteiger partial charge in [-0.05, 0) is 25.0 Å². The summed E-state index contributed by atoms with van der Waals surface area (Å²) in [5.41, 5.74) is -0.0413. The van der Waals surface area contributed by atoms with Crippen LogP contribution in [0.15, 0.2) is 18.2 Å². The number of hydrogen-bond donors (Lipinski definition) is 2. The van der Waals surface area contributed by atoms with Crippen LogP contribution in [-0.4, -0.2) is 28.5 Å². The van der Waals surface area contributed by atoms with Crippen LogP contribution in [0.5, 0.6) is 0 Å². The van der Waals surface area contributed by atoms with E-state index in [-0.39, 0.29) is 16.3 Å². The third-order valence-corrected chi connectivity index (χ3v) is 3.23. The molecule has 0 radical (unpaired) electrons. The minimum atomic E-state index is -0.872. The number of nitrogens with one attached hydrogen (secondary N) is 1. The molecule has 114 valence electrons. The van der Waals surface area contributed by atoms with Crippen molar-refractivity contribution < 1.29 is 19.6 Å². The Kier molecular flexibility index (Phi) is 6.10. The van der Waals surface area contributed by atoms with Crippen molar-refractivity contribution in [3.63, 3.8) is 0 Å². The van der Waals surface area contributed by atoms with E-state index in [1.165, 1.54) is 18.2 Å². The number of hydrogen-bond acceptors (Lipinski definition) is 4. The van der Waals surface area contributed by atoms with Crippen molar-refractivity contribution in [1.82, 2.24) is 5.32 Å². The number of nitrogens with zero attached hydrogens (tertiary/aromatic N) is 1. The van der Waals surface area contributed by atoms with Crippen LogP contribution >= 0.6 is 11.6 Å². The number of nitro benzene ring substituents is 1. The second-order valence-corrected chi connectivity index (χ2v) is 4.97. The SMILES string of the molecule is CC(CCCNC(=O)c1ccc([N+](=O)[O-])c(Cl)c1)C(=O)O. The van der Waals surface area contributed by atoms with Gasteiger partial charge in [-0.3, -0.25) is 19.7 Å². The molecule has 0 aromatic heterocycles. The van der Waals surface area contributed by atoms with Gasteiger partial charge < -0.3 is 10.4 Å². The number of rotatable bonds is 7. The number of carboxylic acid groups (broad SMARTS) is 1. The van der Waals surface area contributed by atoms with E-state index in [1.807, 2.05) is 0 Å². The summed E-state index contributed by atoms with van der Waals surface area (Å²) in [5.74, 6) is -1.74. The fourth-order valence-corrected chi connectivity index (χ4v) is 1.88. The zero-order valence-corrected chi connectivity index (χ0v) is 12.1. The van der Waals surface area contributed by atoms with E-state index in [2.05, 4.69) is 5.32 Å². The van der Waals surface area contributed by atoms with E-state index in [9.17, 15) is 19.7 Å². The Hall–Kier alpha value is -2.15. The summed E-state index contributed by atoms with van der Waals surface area (Å²) in [5, 5.41) is 21.8. The fourth-order valence-electron chi connectivity index (χ4n) is 1.63. The Morgan fingerprint density at radius 2 is 2.14 bits per heavy atom. The van der Waals surface area contributed by atoms with E-state index in [1.54, 1.807) is 6.92 Å². The van der Waals surface area contributed by atoms with Crippen LogP contribution in [0.2, 0.25) is 5.02 Å². The maximum Gasteiger partial charge on any atom is 0.306 e. The predicted molar refractivity (Wildman–Crippen MR) is 76.5 cm³/mol. The van der Waals surface area contributed by atoms with Gasteiger partial charge in [-0.25, -0.2) is 0 Å². The molecule has 0 heterocycles. The smallest absolute Gasteiger partial charge is 0.306 e. The van der Waals surface area contributed by atoms with Gasteiger partial charge in [0, 0.05) is 18.2 Å². The number of nitro groups is 1. The van der Waals surface area contributed by atoms with Gasteiger partial charge in [-0.15, -0.1) is 0 Å². The number of carbonyl (C=O) groups is 2. The van der Waals surface area contributed by atoms with Gasteiger partial charge in [0.05, 0.1) is 10.8 Å². The maximum absolute atomic E-state index is 11.8. The van der Waals surface area contributed by atoms with Gasteiger partial charge in [-0.1, -0.05) is 18.5 Å². The molecule has 1 unspecified atom stereocenters. The van der Waals surface area contributed by atoms with Crippen molar-refractivity contribution in [3.8, 4) is 0 Å². The second kappa shape index (κ2) is 7.58. The van der Waals surface area contributed by atoms with E-state index in [0.717, 1.165) is 0 Å². The fraction of sp³-hybridized carbons (Fsp3) is 0.385. The minimum absolute atomic E-state index is 0.104. The lowest BCUT2D eigenvalue weighted by molar-refractivity contribution is -0.384. The van der Waals surface area contributed by atoms with Crippen LogP contribution in [0, 0.1) is 16.0 Å². The van der Waals surface area contributed by atoms with Gasteiger partial charge in [0.25, 0.3) is 11.6 Å². The van der Waals surface area contributed by atoms with Crippen LogP contribution in [0.4, 0.5) is 5.69 Å². The van der Waals surface area contributed by atoms with Crippen molar-refractivity contribution >= 4 is 29.2 Å². The van der Waals surface area contributed by atoms with Gasteiger partial charge in [0.1, 0.15) is 5.02 Å². The molecular formula is C13H15ClN2O5. The summed E-state index contributed by atoms with van der Waals surface area (Å²) in [6.07, 6.45) is 0.983. The van der Waals surface area contributed by atoms with Crippen molar-refractivity contribution in [1.29, 1.82) is 0 Å². The molecule has 0 saturated heterocycles. The zero-order valence-electron chi connectivity index (χ0n) is 11.3. The van der Waals surface area contributed by atoms with Crippen molar-refractivity contribution in [2.45, 2.75) is 19.8 Å². The quantitative estimate of drug-likeness (QED) is 0.456. The van der Waals surface area contributed by atoms with Crippen LogP contribution in [0.25, 0.3) is 0 Å². The Balaban J connectivity index is 2.51. The first-order valence-electron chi connectivity index (χ1n) is 6.28. The van der Waals surface area contributed by atoms with E-state index < -0.39 is 22.7 Å². The molecule has 1 aromatic rings. The molecule has 1 aromatic carbocycles. The summed E-state index contributed by atoms with van der Waals surface area (Å²) < 4.78 is 0. The molecule has 1 atom stereocenters. The molecule has 0 aliphatic carbocycles. The second-order valence-electron chi connectivity index (χ2n) is 4.56. The minimum Gasteiger partial charge on any atom is -0.481 e. The lowest BCUT2D eigenvalue weighted by atomic mass is 10.1. The summed E-state index contributed by atoms with van der Waals surface area (Å²) >= 11 is 5.72. The highest BCUT2D eigenvalue weighted by Crippen LogP contribution is 2.24. The van der Waals surface area contributed by atoms with Crippen LogP contribution in [-0.2, 0) is 4.79 Å². The van der Waals surface area contributed by atoms with Crippen LogP contribution in [0.1, 0.15) is 30.1 Å². The number of amides is 1. The first-order chi connectivity index (χ1) is 9.82. The molecular weight excluding hydrogens is 300 g/mol. The Morgan fingerprint density at radius 3 is 2.67 bits per heavy atom. The number of benzene rings is 1. The van der Waals surface area contributed by atoms with Crippen molar-refractivity contribution in [2.24, 2.45) is 5.92 Å². The third kappa shape index (κ3) is 5.03. The first kappa shape index (κ1) is 16.9. The molecule has 1 amide bonds. The summed E-state index contributed by atoms with van der Waals surface area (Å²) in [7, 11) is 0. The molecule has 21 heavy (non-hydrogen) atoms. The summed E-state index contributed by atoms with van der Waals surface area (Å²) in [6, 6.07) is 3.72. The lowest BCUT2D eigenvalue weighted by Gasteiger charge is -2.07. The average molecular weight is 315 g/mol. The maximum atomic E-state index is 11.8. The molecule has 0 bridgehead atoms. The first-order valence-corrected chi connectivity index (χ1v) is 6.65. The van der Waals surface area contributed by atoms with Gasteiger partial charge in [0.2, 0.25) is 0 Å². The van der Waals surface area contributed by atoms with Crippen LogP contribution < -0.4 is 5.32 Å². The molecule has 0 saturated carbocycles. The van der Waals surface area contributed by atoms with Crippen molar-refractivity contribution in [3.05, 3.63) is 38.9 Å². The third-order valence-electron chi connectivity index (χ3n) is 2.93. The largest absolute Gasteiger partial charge is 0.481 e. The lowest BCUT2D eigenvalue weighted by Crippen LogP contribution is -2.25. The molecule has 0 aliphatic rings. The molecule has 2 N–H and O–H groups in total. The highest BCUT2D eigenvalue weighted by atomic mass is 35.5. The normalized spacial score (nSPS) is 11.7. The van der Waals surface area contributed by atoms with E-state index in [4.69, 9.17) is 16.7 Å². The summed E-state index contributed by atoms with van der Waals surface area (Å²) in [4.78, 5) is 32.4. The van der Waals surface area contributed by atoms with Gasteiger partial charge >= 0.3 is 5.97 Å². The topological polar surface area (TPSA) is 110 Å². The average Bonchev–Trinajstić information content (AvgIpc) is 2.42. The Morgan fingerprint density at radius 1 is 1.48 bits per heavy atom. The molecule has 1 rings (SSSR count). The summed E-state index contributed by atoms with van der Waals surface area (Å²) in [6.45, 7) is 1.92. The number of halogens is 1. The highest BCUT2D eigenvalue weighted by molar-refractivity contribution is 6.33. The standard InChI is InChI=1S/C13H15ClN2O5/c1-8(13(18)19)3-2-6-15-12(17)9-4-5-11(16(20)21)10(14)7-9/h4-5,7-8H,2-3,6H2,1H3,(H,15,17)(H,18,19). The Bertz CT molecular complexity index is 561. The van der Waals surface area contributed by atoms with Crippen molar-refractivity contribution in [2.75, 3.05) is 6.54 Å². The van der Waals surface area contributed by atoms with Gasteiger partial charge in [-0.2, -0.15) is 0 Å². The monoisotopic (exact) mass is 314 g/mol. The zero-order chi connectivity index (χ0) is 16.0. The van der Waals surface area contributed by atoms with E-state index in [0.29, 0.717) is 19.4 Å². The van der Waals surface area contributed by atoms with Gasteiger partial charge in [0.15, 0.2) is 0 Å². The number of carbonyl (C=O) groups excluding carboxylic acids is 1. The molecule has 0 aliphatic heterocycles. The predicted octanol–water partition coefficient (Wildman–Crippen LogP) is 2.48. The Labute approximate surface area is 126 Å². The molecule has 0 fully saturated rings.